The van der Waals surface area contributed by atoms with Gasteiger partial charge in [0.1, 0.15) is 6.04 Å². The standard InChI is InChI=1S/C26H18Cl2N4O3/c27-15-10-16(28)12-18(11-15)31-25(34)20-21(26(31)35)23(24(33)30-17-7-2-1-3-8-17)32-22(20)19-9-5-4-6-14(19)13-29-32/h1-13,20-23H,(H,30,33). The Hall–Kier alpha value is -3.68. The number of imide groups is 1. The first-order chi connectivity index (χ1) is 16.9. The minimum atomic E-state index is -0.981. The SMILES string of the molecule is O=C(Nc1ccccc1)C1C2C(=O)N(c3cc(Cl)cc(Cl)c3)C(=O)C2C2c3ccccc3C=NN12. The van der Waals surface area contributed by atoms with Gasteiger partial charge < -0.3 is 5.32 Å². The number of carbonyl (C=O) groups is 3. The molecule has 35 heavy (non-hydrogen) atoms. The van der Waals surface area contributed by atoms with Crippen LogP contribution in [0, 0.1) is 11.8 Å². The summed E-state index contributed by atoms with van der Waals surface area (Å²) in [4.78, 5) is 42.3. The maximum absolute atomic E-state index is 13.8. The smallest absolute Gasteiger partial charge is 0.249 e. The molecule has 3 heterocycles. The Morgan fingerprint density at radius 3 is 2.26 bits per heavy atom. The molecule has 0 radical (unpaired) electrons. The molecule has 3 aliphatic rings. The molecule has 3 aromatic rings. The Balaban J connectivity index is 1.46. The normalized spacial score (nSPS) is 24.3. The summed E-state index contributed by atoms with van der Waals surface area (Å²) in [6.07, 6.45) is 1.67. The van der Waals surface area contributed by atoms with Gasteiger partial charge in [-0.2, -0.15) is 5.10 Å². The van der Waals surface area contributed by atoms with Gasteiger partial charge >= 0.3 is 0 Å². The number of halogens is 2. The molecule has 174 valence electrons. The lowest BCUT2D eigenvalue weighted by atomic mass is 9.85. The Labute approximate surface area is 210 Å². The second kappa shape index (κ2) is 8.22. The third kappa shape index (κ3) is 3.42. The second-order valence-corrected chi connectivity index (χ2v) is 9.56. The first-order valence-electron chi connectivity index (χ1n) is 11.0. The first kappa shape index (κ1) is 21.8. The Kier molecular flexibility index (Phi) is 5.12. The first-order valence-corrected chi connectivity index (χ1v) is 11.8. The van der Waals surface area contributed by atoms with Crippen molar-refractivity contribution in [2.45, 2.75) is 12.1 Å². The molecule has 4 unspecified atom stereocenters. The van der Waals surface area contributed by atoms with Gasteiger partial charge in [0.25, 0.3) is 0 Å². The van der Waals surface area contributed by atoms with E-state index >= 15 is 0 Å². The number of anilines is 2. The number of para-hydroxylation sites is 1. The van der Waals surface area contributed by atoms with Crippen molar-refractivity contribution in [3.8, 4) is 0 Å². The number of benzene rings is 3. The molecule has 9 heteroatoms. The molecule has 0 spiro atoms. The van der Waals surface area contributed by atoms with Gasteiger partial charge in [-0.25, -0.2) is 4.90 Å². The molecular formula is C26H18Cl2N4O3. The van der Waals surface area contributed by atoms with Gasteiger partial charge in [-0.05, 0) is 41.5 Å². The average molecular weight is 505 g/mol. The van der Waals surface area contributed by atoms with E-state index in [1.807, 2.05) is 30.3 Å². The van der Waals surface area contributed by atoms with E-state index in [1.54, 1.807) is 35.5 Å². The van der Waals surface area contributed by atoms with Gasteiger partial charge in [-0.3, -0.25) is 19.4 Å². The van der Waals surface area contributed by atoms with Crippen LogP contribution in [0.5, 0.6) is 0 Å². The van der Waals surface area contributed by atoms with Crippen molar-refractivity contribution in [3.63, 3.8) is 0 Å². The van der Waals surface area contributed by atoms with Crippen LogP contribution >= 0.6 is 23.2 Å². The highest BCUT2D eigenvalue weighted by molar-refractivity contribution is 6.36. The highest BCUT2D eigenvalue weighted by Gasteiger charge is 2.65. The van der Waals surface area contributed by atoms with Gasteiger partial charge in [0.2, 0.25) is 17.7 Å². The summed E-state index contributed by atoms with van der Waals surface area (Å²) < 4.78 is 0. The maximum atomic E-state index is 13.8. The highest BCUT2D eigenvalue weighted by atomic mass is 35.5. The maximum Gasteiger partial charge on any atom is 0.249 e. The van der Waals surface area contributed by atoms with Crippen LogP contribution in [-0.4, -0.2) is 35.0 Å². The number of nitrogens with one attached hydrogen (secondary N) is 1. The van der Waals surface area contributed by atoms with Gasteiger partial charge in [-0.15, -0.1) is 0 Å². The predicted molar refractivity (Wildman–Crippen MR) is 133 cm³/mol. The number of amides is 3. The van der Waals surface area contributed by atoms with Crippen LogP contribution in [0.15, 0.2) is 77.9 Å². The van der Waals surface area contributed by atoms with E-state index in [1.165, 1.54) is 18.2 Å². The molecule has 2 saturated heterocycles. The number of nitrogens with zero attached hydrogens (tertiary/aromatic N) is 3. The summed E-state index contributed by atoms with van der Waals surface area (Å²) in [6, 6.07) is 19.6. The van der Waals surface area contributed by atoms with Crippen molar-refractivity contribution in [3.05, 3.63) is 94.0 Å². The van der Waals surface area contributed by atoms with Crippen LogP contribution in [0.25, 0.3) is 0 Å². The molecule has 1 N–H and O–H groups in total. The van der Waals surface area contributed by atoms with E-state index in [9.17, 15) is 14.4 Å². The van der Waals surface area contributed by atoms with Gasteiger partial charge in [0.05, 0.1) is 29.8 Å². The van der Waals surface area contributed by atoms with E-state index in [-0.39, 0.29) is 5.69 Å². The van der Waals surface area contributed by atoms with E-state index < -0.39 is 41.6 Å². The molecule has 3 aromatic carbocycles. The van der Waals surface area contributed by atoms with E-state index in [0.717, 1.165) is 16.0 Å². The fraction of sp³-hybridized carbons (Fsp3) is 0.154. The third-order valence-corrected chi connectivity index (χ3v) is 7.15. The summed E-state index contributed by atoms with van der Waals surface area (Å²) in [5.74, 6) is -3.02. The van der Waals surface area contributed by atoms with E-state index in [2.05, 4.69) is 10.4 Å². The van der Waals surface area contributed by atoms with Crippen molar-refractivity contribution in [1.29, 1.82) is 0 Å². The van der Waals surface area contributed by atoms with Crippen LogP contribution in [0.4, 0.5) is 11.4 Å². The fourth-order valence-electron chi connectivity index (χ4n) is 5.33. The summed E-state index contributed by atoms with van der Waals surface area (Å²) in [5, 5.41) is 9.63. The molecule has 4 atom stereocenters. The number of rotatable bonds is 3. The molecule has 3 amide bonds. The zero-order valence-electron chi connectivity index (χ0n) is 18.1. The van der Waals surface area contributed by atoms with Crippen LogP contribution in [0.2, 0.25) is 10.0 Å². The molecule has 0 saturated carbocycles. The average Bonchev–Trinajstić information content (AvgIpc) is 3.31. The van der Waals surface area contributed by atoms with Gasteiger partial charge in [0, 0.05) is 15.7 Å². The lowest BCUT2D eigenvalue weighted by Gasteiger charge is -2.33. The number of hydrazone groups is 1. The van der Waals surface area contributed by atoms with E-state index in [4.69, 9.17) is 23.2 Å². The van der Waals surface area contributed by atoms with Crippen LogP contribution in [-0.2, 0) is 14.4 Å². The molecule has 2 fully saturated rings. The number of carbonyl (C=O) groups excluding carboxylic acids is 3. The van der Waals surface area contributed by atoms with Gasteiger partial charge in [0.15, 0.2) is 0 Å². The van der Waals surface area contributed by atoms with E-state index in [0.29, 0.717) is 15.7 Å². The van der Waals surface area contributed by atoms with Crippen molar-refractivity contribution in [1.82, 2.24) is 5.01 Å². The lowest BCUT2D eigenvalue weighted by Crippen LogP contribution is -2.46. The molecule has 0 aliphatic carbocycles. The number of hydrogen-bond acceptors (Lipinski definition) is 5. The zero-order chi connectivity index (χ0) is 24.3. The Bertz CT molecular complexity index is 1390. The summed E-state index contributed by atoms with van der Waals surface area (Å²) in [6.45, 7) is 0. The van der Waals surface area contributed by atoms with Crippen molar-refractivity contribution in [2.75, 3.05) is 10.2 Å². The molecule has 3 aliphatic heterocycles. The zero-order valence-corrected chi connectivity index (χ0v) is 19.6. The lowest BCUT2D eigenvalue weighted by molar-refractivity contribution is -0.129. The number of hydrogen-bond donors (Lipinski definition) is 1. The molecule has 7 nitrogen and oxygen atoms in total. The van der Waals surface area contributed by atoms with Crippen molar-refractivity contribution in [2.24, 2.45) is 16.9 Å². The summed E-state index contributed by atoms with van der Waals surface area (Å²) >= 11 is 12.3. The Morgan fingerprint density at radius 1 is 0.857 bits per heavy atom. The molecule has 0 aromatic heterocycles. The number of fused-ring (bicyclic) bond motifs is 5. The van der Waals surface area contributed by atoms with Crippen LogP contribution in [0.1, 0.15) is 17.2 Å². The second-order valence-electron chi connectivity index (χ2n) is 8.69. The van der Waals surface area contributed by atoms with Crippen LogP contribution < -0.4 is 10.2 Å². The monoisotopic (exact) mass is 504 g/mol. The quantitative estimate of drug-likeness (QED) is 0.532. The predicted octanol–water partition coefficient (Wildman–Crippen LogP) is 4.51. The summed E-state index contributed by atoms with van der Waals surface area (Å²) in [5.41, 5.74) is 2.57. The minimum absolute atomic E-state index is 0.285. The van der Waals surface area contributed by atoms with Gasteiger partial charge in [-0.1, -0.05) is 65.7 Å². The topological polar surface area (TPSA) is 82.1 Å². The molecular weight excluding hydrogens is 487 g/mol. The minimum Gasteiger partial charge on any atom is -0.324 e. The molecule has 6 rings (SSSR count). The summed E-state index contributed by atoms with van der Waals surface area (Å²) in [7, 11) is 0. The Morgan fingerprint density at radius 2 is 1.51 bits per heavy atom. The van der Waals surface area contributed by atoms with Crippen molar-refractivity contribution < 1.29 is 14.4 Å². The van der Waals surface area contributed by atoms with Crippen LogP contribution in [0.3, 0.4) is 0 Å². The highest BCUT2D eigenvalue weighted by Crippen LogP contribution is 2.52. The fourth-order valence-corrected chi connectivity index (χ4v) is 5.84. The van der Waals surface area contributed by atoms with Crippen molar-refractivity contribution >= 4 is 58.5 Å². The third-order valence-electron chi connectivity index (χ3n) is 6.71. The molecule has 0 bridgehead atoms. The largest absolute Gasteiger partial charge is 0.324 e.